The Morgan fingerprint density at radius 2 is 1.96 bits per heavy atom. The first-order valence-corrected chi connectivity index (χ1v) is 8.79. The third kappa shape index (κ3) is 4.34. The second-order valence-electron chi connectivity index (χ2n) is 6.17. The minimum Gasteiger partial charge on any atom is -0.355 e. The Morgan fingerprint density at radius 1 is 1.26 bits per heavy atom. The van der Waals surface area contributed by atoms with Gasteiger partial charge < -0.3 is 5.32 Å². The number of para-hydroxylation sites is 1. The molecule has 0 aliphatic heterocycles. The standard InChI is InChI=1S/C17H23N3O2S/c1-11(2)9-18-15(21)10-23-17-19-14-8-6-5-7-13(14)16(22)20(17)12(3)4/h5-8,11-12H,9-10H2,1-4H3,(H,18,21). The lowest BCUT2D eigenvalue weighted by molar-refractivity contribution is -0.118. The quantitative estimate of drug-likeness (QED) is 0.652. The van der Waals surface area contributed by atoms with E-state index in [1.807, 2.05) is 32.0 Å². The van der Waals surface area contributed by atoms with Crippen LogP contribution < -0.4 is 10.9 Å². The fraction of sp³-hybridized carbons (Fsp3) is 0.471. The number of benzene rings is 1. The highest BCUT2D eigenvalue weighted by Gasteiger charge is 2.15. The van der Waals surface area contributed by atoms with E-state index in [0.29, 0.717) is 28.5 Å². The molecule has 1 aromatic heterocycles. The molecule has 1 N–H and O–H groups in total. The van der Waals surface area contributed by atoms with Crippen LogP contribution in [0.15, 0.2) is 34.2 Å². The maximum Gasteiger partial charge on any atom is 0.262 e. The van der Waals surface area contributed by atoms with Crippen molar-refractivity contribution in [1.82, 2.24) is 14.9 Å². The number of fused-ring (bicyclic) bond motifs is 1. The summed E-state index contributed by atoms with van der Waals surface area (Å²) in [5, 5.41) is 4.07. The summed E-state index contributed by atoms with van der Waals surface area (Å²) >= 11 is 1.30. The van der Waals surface area contributed by atoms with Crippen LogP contribution >= 0.6 is 11.8 Å². The van der Waals surface area contributed by atoms with Crippen LogP contribution in [0.1, 0.15) is 33.7 Å². The average molecular weight is 333 g/mol. The van der Waals surface area contributed by atoms with E-state index in [0.717, 1.165) is 0 Å². The molecule has 0 saturated heterocycles. The minimum atomic E-state index is -0.0595. The monoisotopic (exact) mass is 333 g/mol. The highest BCUT2D eigenvalue weighted by atomic mass is 32.2. The van der Waals surface area contributed by atoms with Crippen molar-refractivity contribution in [2.24, 2.45) is 5.92 Å². The number of aromatic nitrogens is 2. The van der Waals surface area contributed by atoms with Gasteiger partial charge in [0.2, 0.25) is 5.91 Å². The van der Waals surface area contributed by atoms with E-state index in [4.69, 9.17) is 0 Å². The molecule has 0 aliphatic rings. The molecule has 1 heterocycles. The largest absolute Gasteiger partial charge is 0.355 e. The second kappa shape index (κ2) is 7.64. The second-order valence-corrected chi connectivity index (χ2v) is 7.11. The molecule has 5 nitrogen and oxygen atoms in total. The summed E-state index contributed by atoms with van der Waals surface area (Å²) in [6.07, 6.45) is 0. The zero-order chi connectivity index (χ0) is 17.0. The molecule has 1 aromatic carbocycles. The third-order valence-electron chi connectivity index (χ3n) is 3.33. The van der Waals surface area contributed by atoms with Gasteiger partial charge in [0.25, 0.3) is 5.56 Å². The number of hydrogen-bond donors (Lipinski definition) is 1. The Hall–Kier alpha value is -1.82. The number of thioether (sulfide) groups is 1. The van der Waals surface area contributed by atoms with E-state index >= 15 is 0 Å². The van der Waals surface area contributed by atoms with Crippen LogP contribution in [-0.2, 0) is 4.79 Å². The van der Waals surface area contributed by atoms with Gasteiger partial charge in [0, 0.05) is 12.6 Å². The van der Waals surface area contributed by atoms with Gasteiger partial charge >= 0.3 is 0 Å². The van der Waals surface area contributed by atoms with Crippen molar-refractivity contribution in [3.05, 3.63) is 34.6 Å². The summed E-state index contributed by atoms with van der Waals surface area (Å²) in [6, 6.07) is 7.29. The molecule has 0 aliphatic carbocycles. The number of nitrogens with one attached hydrogen (secondary N) is 1. The summed E-state index contributed by atoms with van der Waals surface area (Å²) in [4.78, 5) is 29.1. The molecule has 2 aromatic rings. The van der Waals surface area contributed by atoms with Crippen LogP contribution in [-0.4, -0.2) is 27.8 Å². The first kappa shape index (κ1) is 17.5. The normalized spacial score (nSPS) is 11.4. The Morgan fingerprint density at radius 3 is 2.61 bits per heavy atom. The van der Waals surface area contributed by atoms with Crippen molar-refractivity contribution in [2.45, 2.75) is 38.9 Å². The SMILES string of the molecule is CC(C)CNC(=O)CSc1nc2ccccc2c(=O)n1C(C)C. The fourth-order valence-corrected chi connectivity index (χ4v) is 3.14. The van der Waals surface area contributed by atoms with E-state index < -0.39 is 0 Å². The molecule has 0 unspecified atom stereocenters. The highest BCUT2D eigenvalue weighted by Crippen LogP contribution is 2.20. The molecule has 124 valence electrons. The van der Waals surface area contributed by atoms with E-state index in [-0.39, 0.29) is 23.3 Å². The summed E-state index contributed by atoms with van der Waals surface area (Å²) in [7, 11) is 0. The van der Waals surface area contributed by atoms with Crippen molar-refractivity contribution in [1.29, 1.82) is 0 Å². The molecule has 0 radical (unpaired) electrons. The van der Waals surface area contributed by atoms with E-state index in [1.165, 1.54) is 11.8 Å². The van der Waals surface area contributed by atoms with Crippen molar-refractivity contribution < 1.29 is 4.79 Å². The maximum absolute atomic E-state index is 12.7. The minimum absolute atomic E-state index is 0.0131. The van der Waals surface area contributed by atoms with Gasteiger partial charge in [0.15, 0.2) is 5.16 Å². The Balaban J connectivity index is 2.27. The van der Waals surface area contributed by atoms with Gasteiger partial charge in [0.05, 0.1) is 16.7 Å². The van der Waals surface area contributed by atoms with Gasteiger partial charge in [-0.3, -0.25) is 14.2 Å². The van der Waals surface area contributed by atoms with Crippen LogP contribution in [0.25, 0.3) is 10.9 Å². The number of carbonyl (C=O) groups excluding carboxylic acids is 1. The molecule has 23 heavy (non-hydrogen) atoms. The van der Waals surface area contributed by atoms with Crippen LogP contribution in [0.5, 0.6) is 0 Å². The topological polar surface area (TPSA) is 64.0 Å². The molecular weight excluding hydrogens is 310 g/mol. The molecular formula is C17H23N3O2S. The molecule has 0 fully saturated rings. The fourth-order valence-electron chi connectivity index (χ4n) is 2.18. The van der Waals surface area contributed by atoms with Crippen LogP contribution in [0, 0.1) is 5.92 Å². The maximum atomic E-state index is 12.7. The van der Waals surface area contributed by atoms with Gasteiger partial charge in [-0.15, -0.1) is 0 Å². The molecule has 2 rings (SSSR count). The lowest BCUT2D eigenvalue weighted by Crippen LogP contribution is -2.30. The predicted octanol–water partition coefficient (Wildman–Crippen LogP) is 2.84. The van der Waals surface area contributed by atoms with Crippen molar-refractivity contribution in [3.63, 3.8) is 0 Å². The molecule has 1 amide bonds. The van der Waals surface area contributed by atoms with Crippen molar-refractivity contribution in [2.75, 3.05) is 12.3 Å². The van der Waals surface area contributed by atoms with Crippen molar-refractivity contribution in [3.8, 4) is 0 Å². The smallest absolute Gasteiger partial charge is 0.262 e. The van der Waals surface area contributed by atoms with Crippen LogP contribution in [0.4, 0.5) is 0 Å². The summed E-state index contributed by atoms with van der Waals surface area (Å²) in [5.41, 5.74) is 0.607. The van der Waals surface area contributed by atoms with Gasteiger partial charge in [-0.2, -0.15) is 0 Å². The Bertz CT molecular complexity index is 753. The summed E-state index contributed by atoms with van der Waals surface area (Å²) in [6.45, 7) is 8.65. The van der Waals surface area contributed by atoms with Crippen LogP contribution in [0.3, 0.4) is 0 Å². The van der Waals surface area contributed by atoms with Gasteiger partial charge in [0.1, 0.15) is 0 Å². The zero-order valence-electron chi connectivity index (χ0n) is 14.0. The van der Waals surface area contributed by atoms with E-state index in [2.05, 4.69) is 24.1 Å². The first-order valence-electron chi connectivity index (χ1n) is 7.81. The third-order valence-corrected chi connectivity index (χ3v) is 4.28. The first-order chi connectivity index (χ1) is 10.9. The Kier molecular flexibility index (Phi) is 5.82. The van der Waals surface area contributed by atoms with Crippen molar-refractivity contribution >= 4 is 28.6 Å². The number of nitrogens with zero attached hydrogens (tertiary/aromatic N) is 2. The van der Waals surface area contributed by atoms with Gasteiger partial charge in [-0.1, -0.05) is 37.7 Å². The molecule has 0 atom stereocenters. The Labute approximate surface area is 140 Å². The number of rotatable bonds is 6. The molecule has 0 spiro atoms. The summed E-state index contributed by atoms with van der Waals surface area (Å²) in [5.74, 6) is 0.627. The van der Waals surface area contributed by atoms with Crippen LogP contribution in [0.2, 0.25) is 0 Å². The van der Waals surface area contributed by atoms with E-state index in [9.17, 15) is 9.59 Å². The number of hydrogen-bond acceptors (Lipinski definition) is 4. The lowest BCUT2D eigenvalue weighted by atomic mass is 10.2. The lowest BCUT2D eigenvalue weighted by Gasteiger charge is -2.16. The number of carbonyl (C=O) groups is 1. The summed E-state index contributed by atoms with van der Waals surface area (Å²) < 4.78 is 1.66. The molecule has 6 heteroatoms. The highest BCUT2D eigenvalue weighted by molar-refractivity contribution is 7.99. The average Bonchev–Trinajstić information content (AvgIpc) is 2.50. The van der Waals surface area contributed by atoms with E-state index in [1.54, 1.807) is 10.6 Å². The molecule has 0 saturated carbocycles. The zero-order valence-corrected chi connectivity index (χ0v) is 14.8. The molecule has 0 bridgehead atoms. The predicted molar refractivity (Wildman–Crippen MR) is 95.0 cm³/mol. The van der Waals surface area contributed by atoms with Gasteiger partial charge in [-0.05, 0) is 31.9 Å². The number of amides is 1. The van der Waals surface area contributed by atoms with Gasteiger partial charge in [-0.25, -0.2) is 4.98 Å².